The first-order valence-corrected chi connectivity index (χ1v) is 7.89. The fourth-order valence-electron chi connectivity index (χ4n) is 3.71. The van der Waals surface area contributed by atoms with Gasteiger partial charge in [0.15, 0.2) is 0 Å². The molecule has 1 fully saturated rings. The first kappa shape index (κ1) is 13.2. The number of hydrogen-bond donors (Lipinski definition) is 1. The Morgan fingerprint density at radius 1 is 1.16 bits per heavy atom. The lowest BCUT2D eigenvalue weighted by Crippen LogP contribution is -2.31. The third kappa shape index (κ3) is 2.45. The Labute approximate surface area is 116 Å². The molecule has 0 unspecified atom stereocenters. The molecule has 2 heterocycles. The van der Waals surface area contributed by atoms with Gasteiger partial charge in [0.25, 0.3) is 0 Å². The molecule has 1 N–H and O–H groups in total. The van der Waals surface area contributed by atoms with Crippen LogP contribution in [0.25, 0.3) is 0 Å². The molecular weight excluding hydrogens is 234 g/mol. The second-order valence-corrected chi connectivity index (χ2v) is 7.13. The zero-order valence-corrected chi connectivity index (χ0v) is 12.6. The summed E-state index contributed by atoms with van der Waals surface area (Å²) >= 11 is 0. The summed E-state index contributed by atoms with van der Waals surface area (Å²) in [6.07, 6.45) is 7.97. The number of imidazole rings is 1. The average molecular weight is 261 g/mol. The highest BCUT2D eigenvalue weighted by molar-refractivity contribution is 5.24. The topological polar surface area (TPSA) is 29.9 Å². The maximum atomic E-state index is 5.04. The van der Waals surface area contributed by atoms with Gasteiger partial charge in [0.05, 0.1) is 5.69 Å². The SMILES string of the molecule is CC(C)(C)n1c(C2CCCCC2)nc2c1CCNC2. The van der Waals surface area contributed by atoms with Gasteiger partial charge in [-0.2, -0.15) is 0 Å². The molecule has 0 amide bonds. The molecule has 0 radical (unpaired) electrons. The fourth-order valence-corrected chi connectivity index (χ4v) is 3.71. The highest BCUT2D eigenvalue weighted by Gasteiger charge is 2.30. The molecule has 0 bridgehead atoms. The fraction of sp³-hybridized carbons (Fsp3) is 0.812. The van der Waals surface area contributed by atoms with Crippen molar-refractivity contribution in [3.63, 3.8) is 0 Å². The summed E-state index contributed by atoms with van der Waals surface area (Å²) in [5, 5.41) is 3.46. The van der Waals surface area contributed by atoms with Crippen LogP contribution in [0, 0.1) is 0 Å². The van der Waals surface area contributed by atoms with Crippen LogP contribution in [0.15, 0.2) is 0 Å². The molecule has 0 aromatic carbocycles. The lowest BCUT2D eigenvalue weighted by Gasteiger charge is -2.31. The van der Waals surface area contributed by atoms with Crippen molar-refractivity contribution in [2.75, 3.05) is 6.54 Å². The second kappa shape index (κ2) is 4.93. The van der Waals surface area contributed by atoms with Gasteiger partial charge in [0.1, 0.15) is 5.82 Å². The zero-order valence-electron chi connectivity index (χ0n) is 12.6. The number of hydrogen-bond acceptors (Lipinski definition) is 2. The van der Waals surface area contributed by atoms with Gasteiger partial charge in [-0.05, 0) is 33.6 Å². The Morgan fingerprint density at radius 3 is 2.58 bits per heavy atom. The molecule has 1 saturated carbocycles. The van der Waals surface area contributed by atoms with Crippen LogP contribution in [0.5, 0.6) is 0 Å². The predicted octanol–water partition coefficient (Wildman–Crippen LogP) is 3.33. The van der Waals surface area contributed by atoms with Crippen molar-refractivity contribution in [3.05, 3.63) is 17.2 Å². The van der Waals surface area contributed by atoms with E-state index in [1.54, 1.807) is 0 Å². The first-order chi connectivity index (χ1) is 9.07. The highest BCUT2D eigenvalue weighted by Crippen LogP contribution is 2.36. The number of nitrogens with one attached hydrogen (secondary N) is 1. The molecule has 2 aliphatic rings. The Bertz CT molecular complexity index is 447. The minimum Gasteiger partial charge on any atom is -0.326 e. The number of rotatable bonds is 1. The number of fused-ring (bicyclic) bond motifs is 1. The maximum Gasteiger partial charge on any atom is 0.112 e. The second-order valence-electron chi connectivity index (χ2n) is 7.13. The van der Waals surface area contributed by atoms with Crippen LogP contribution in [0.1, 0.15) is 76.0 Å². The van der Waals surface area contributed by atoms with Crippen molar-refractivity contribution in [2.45, 2.75) is 77.3 Å². The zero-order chi connectivity index (χ0) is 13.5. The molecule has 0 saturated heterocycles. The van der Waals surface area contributed by atoms with Gasteiger partial charge >= 0.3 is 0 Å². The monoisotopic (exact) mass is 261 g/mol. The van der Waals surface area contributed by atoms with Gasteiger partial charge in [-0.3, -0.25) is 0 Å². The van der Waals surface area contributed by atoms with Crippen molar-refractivity contribution in [1.82, 2.24) is 14.9 Å². The van der Waals surface area contributed by atoms with Crippen LogP contribution in [-0.2, 0) is 18.5 Å². The van der Waals surface area contributed by atoms with Gasteiger partial charge < -0.3 is 9.88 Å². The van der Waals surface area contributed by atoms with E-state index in [-0.39, 0.29) is 5.54 Å². The van der Waals surface area contributed by atoms with E-state index < -0.39 is 0 Å². The van der Waals surface area contributed by atoms with Crippen molar-refractivity contribution in [2.24, 2.45) is 0 Å². The predicted molar refractivity (Wildman–Crippen MR) is 78.5 cm³/mol. The lowest BCUT2D eigenvalue weighted by molar-refractivity contribution is 0.336. The molecular formula is C16H27N3. The Morgan fingerprint density at radius 2 is 1.89 bits per heavy atom. The van der Waals surface area contributed by atoms with Crippen molar-refractivity contribution >= 4 is 0 Å². The molecule has 1 aromatic rings. The summed E-state index contributed by atoms with van der Waals surface area (Å²) in [7, 11) is 0. The van der Waals surface area contributed by atoms with Crippen molar-refractivity contribution in [3.8, 4) is 0 Å². The van der Waals surface area contributed by atoms with E-state index in [0.29, 0.717) is 5.92 Å². The van der Waals surface area contributed by atoms with E-state index in [0.717, 1.165) is 19.5 Å². The third-order valence-corrected chi connectivity index (χ3v) is 4.55. The standard InChI is InChI=1S/C16H27N3/c1-16(2,3)19-14-9-10-17-11-13(14)18-15(19)12-7-5-4-6-8-12/h12,17H,4-11H2,1-3H3. The normalized spacial score (nSPS) is 21.4. The number of aromatic nitrogens is 2. The minimum absolute atomic E-state index is 0.157. The molecule has 1 aromatic heterocycles. The van der Waals surface area contributed by atoms with Crippen LogP contribution >= 0.6 is 0 Å². The van der Waals surface area contributed by atoms with Gasteiger partial charge in [0.2, 0.25) is 0 Å². The van der Waals surface area contributed by atoms with Crippen LogP contribution in [0.2, 0.25) is 0 Å². The van der Waals surface area contributed by atoms with Crippen molar-refractivity contribution in [1.29, 1.82) is 0 Å². The lowest BCUT2D eigenvalue weighted by atomic mass is 9.88. The molecule has 106 valence electrons. The maximum absolute atomic E-state index is 5.04. The van der Waals surface area contributed by atoms with E-state index in [4.69, 9.17) is 4.98 Å². The van der Waals surface area contributed by atoms with E-state index in [9.17, 15) is 0 Å². The molecule has 3 rings (SSSR count). The quantitative estimate of drug-likeness (QED) is 0.840. The van der Waals surface area contributed by atoms with Crippen LogP contribution in [0.4, 0.5) is 0 Å². The minimum atomic E-state index is 0.157. The Hall–Kier alpha value is -0.830. The highest BCUT2D eigenvalue weighted by atomic mass is 15.2. The van der Waals surface area contributed by atoms with Gasteiger partial charge in [0, 0.05) is 36.7 Å². The van der Waals surface area contributed by atoms with E-state index in [1.165, 1.54) is 49.3 Å². The molecule has 3 nitrogen and oxygen atoms in total. The smallest absolute Gasteiger partial charge is 0.112 e. The summed E-state index contributed by atoms with van der Waals surface area (Å²) in [6.45, 7) is 9.02. The largest absolute Gasteiger partial charge is 0.326 e. The van der Waals surface area contributed by atoms with Crippen LogP contribution in [0.3, 0.4) is 0 Å². The summed E-state index contributed by atoms with van der Waals surface area (Å²) in [4.78, 5) is 5.04. The summed E-state index contributed by atoms with van der Waals surface area (Å²) < 4.78 is 2.57. The van der Waals surface area contributed by atoms with E-state index in [1.807, 2.05) is 0 Å². The Balaban J connectivity index is 2.04. The van der Waals surface area contributed by atoms with Crippen LogP contribution < -0.4 is 5.32 Å². The van der Waals surface area contributed by atoms with Crippen LogP contribution in [-0.4, -0.2) is 16.1 Å². The molecule has 0 spiro atoms. The van der Waals surface area contributed by atoms with Gasteiger partial charge in [-0.25, -0.2) is 4.98 Å². The van der Waals surface area contributed by atoms with Crippen molar-refractivity contribution < 1.29 is 0 Å². The van der Waals surface area contributed by atoms with Gasteiger partial charge in [-0.15, -0.1) is 0 Å². The first-order valence-electron chi connectivity index (χ1n) is 7.89. The Kier molecular flexibility index (Phi) is 3.42. The van der Waals surface area contributed by atoms with E-state index in [2.05, 4.69) is 30.7 Å². The number of nitrogens with zero attached hydrogens (tertiary/aromatic N) is 2. The molecule has 19 heavy (non-hydrogen) atoms. The third-order valence-electron chi connectivity index (χ3n) is 4.55. The molecule has 1 aliphatic heterocycles. The summed E-state index contributed by atoms with van der Waals surface area (Å²) in [6, 6.07) is 0. The molecule has 1 aliphatic carbocycles. The average Bonchev–Trinajstić information content (AvgIpc) is 2.79. The summed E-state index contributed by atoms with van der Waals surface area (Å²) in [5.74, 6) is 2.07. The van der Waals surface area contributed by atoms with E-state index >= 15 is 0 Å². The summed E-state index contributed by atoms with van der Waals surface area (Å²) in [5.41, 5.74) is 2.96. The molecule has 3 heteroatoms. The molecule has 0 atom stereocenters. The van der Waals surface area contributed by atoms with Gasteiger partial charge in [-0.1, -0.05) is 19.3 Å².